The quantitative estimate of drug-likeness (QED) is 0.418. The van der Waals surface area contributed by atoms with Crippen LogP contribution in [0.4, 0.5) is 0 Å². The largest absolute Gasteiger partial charge is 0.352 e. The highest BCUT2D eigenvalue weighted by Gasteiger charge is 2.17. The van der Waals surface area contributed by atoms with Gasteiger partial charge in [0.25, 0.3) is 11.5 Å². The molecule has 1 amide bonds. The van der Waals surface area contributed by atoms with Gasteiger partial charge in [-0.2, -0.15) is 0 Å². The molecule has 0 radical (unpaired) electrons. The van der Waals surface area contributed by atoms with E-state index in [2.05, 4.69) is 17.2 Å². The average Bonchev–Trinajstić information content (AvgIpc) is 2.73. The van der Waals surface area contributed by atoms with Crippen LogP contribution in [-0.4, -0.2) is 26.4 Å². The summed E-state index contributed by atoms with van der Waals surface area (Å²) in [5, 5.41) is 11.8. The van der Waals surface area contributed by atoms with Crippen molar-refractivity contribution in [3.05, 3.63) is 51.4 Å². The van der Waals surface area contributed by atoms with E-state index >= 15 is 0 Å². The van der Waals surface area contributed by atoms with Crippen LogP contribution in [-0.2, 0) is 6.54 Å². The average molecular weight is 410 g/mol. The summed E-state index contributed by atoms with van der Waals surface area (Å²) in [6.45, 7) is 6.99. The smallest absolute Gasteiger partial charge is 0.267 e. The summed E-state index contributed by atoms with van der Waals surface area (Å²) in [6.07, 6.45) is 8.55. The predicted octanol–water partition coefficient (Wildman–Crippen LogP) is 3.55. The van der Waals surface area contributed by atoms with Gasteiger partial charge in [-0.15, -0.1) is 0 Å². The van der Waals surface area contributed by atoms with Crippen LogP contribution in [0.15, 0.2) is 29.2 Å². The number of nitrogens with one attached hydrogen (secondary N) is 2. The van der Waals surface area contributed by atoms with Crippen molar-refractivity contribution in [1.82, 2.24) is 19.3 Å². The number of amides is 1. The molecule has 0 aliphatic rings. The van der Waals surface area contributed by atoms with E-state index in [1.807, 2.05) is 19.9 Å². The third kappa shape index (κ3) is 4.30. The minimum atomic E-state index is -0.314. The Bertz CT molecular complexity index is 1180. The molecule has 3 aromatic rings. The van der Waals surface area contributed by atoms with Crippen molar-refractivity contribution in [1.29, 1.82) is 5.41 Å². The van der Waals surface area contributed by atoms with Crippen molar-refractivity contribution in [2.24, 2.45) is 0 Å². The van der Waals surface area contributed by atoms with E-state index in [0.717, 1.165) is 18.4 Å². The van der Waals surface area contributed by atoms with Crippen LogP contribution in [0.5, 0.6) is 0 Å². The third-order valence-corrected chi connectivity index (χ3v) is 5.51. The molecule has 0 spiro atoms. The van der Waals surface area contributed by atoms with E-state index in [9.17, 15) is 9.59 Å². The lowest BCUT2D eigenvalue weighted by atomic mass is 10.1. The van der Waals surface area contributed by atoms with Gasteiger partial charge in [0.15, 0.2) is 0 Å². The molecule has 0 fully saturated rings. The lowest BCUT2D eigenvalue weighted by molar-refractivity contribution is 0.0950. The number of fused-ring (bicyclic) bond motifs is 2. The number of pyridine rings is 2. The number of rotatable bonds is 9. The Morgan fingerprint density at radius 1 is 1.13 bits per heavy atom. The lowest BCUT2D eigenvalue weighted by Gasteiger charge is -2.14. The number of hydrogen-bond donors (Lipinski definition) is 2. The van der Waals surface area contributed by atoms with Crippen LogP contribution in [0.1, 0.15) is 68.3 Å². The highest BCUT2D eigenvalue weighted by atomic mass is 16.1. The second kappa shape index (κ2) is 9.69. The molecule has 0 aliphatic carbocycles. The van der Waals surface area contributed by atoms with Crippen LogP contribution in [0, 0.1) is 12.3 Å². The zero-order valence-corrected chi connectivity index (χ0v) is 18.1. The number of nitrogens with zero attached hydrogens (tertiary/aromatic N) is 3. The van der Waals surface area contributed by atoms with E-state index in [1.54, 1.807) is 16.8 Å². The summed E-state index contributed by atoms with van der Waals surface area (Å²) in [6, 6.07) is 5.22. The maximum Gasteiger partial charge on any atom is 0.267 e. The van der Waals surface area contributed by atoms with Crippen LogP contribution in [0.25, 0.3) is 16.7 Å². The zero-order chi connectivity index (χ0) is 21.7. The third-order valence-electron chi connectivity index (χ3n) is 5.51. The van der Waals surface area contributed by atoms with Gasteiger partial charge in [0.05, 0.1) is 10.9 Å². The fraction of sp³-hybridized carbons (Fsp3) is 0.478. The summed E-state index contributed by atoms with van der Waals surface area (Å²) in [4.78, 5) is 30.5. The van der Waals surface area contributed by atoms with Gasteiger partial charge >= 0.3 is 0 Å². The van der Waals surface area contributed by atoms with Gasteiger partial charge in [-0.25, -0.2) is 4.98 Å². The lowest BCUT2D eigenvalue weighted by Crippen LogP contribution is -2.35. The zero-order valence-electron chi connectivity index (χ0n) is 18.1. The van der Waals surface area contributed by atoms with E-state index in [1.165, 1.54) is 36.2 Å². The Morgan fingerprint density at radius 3 is 2.60 bits per heavy atom. The van der Waals surface area contributed by atoms with Crippen LogP contribution in [0.2, 0.25) is 0 Å². The van der Waals surface area contributed by atoms with Crippen LogP contribution in [0.3, 0.4) is 0 Å². The van der Waals surface area contributed by atoms with Gasteiger partial charge in [0.1, 0.15) is 16.8 Å². The first-order valence-corrected chi connectivity index (χ1v) is 10.9. The number of hydrogen-bond acceptors (Lipinski definition) is 4. The Balaban J connectivity index is 1.92. The van der Waals surface area contributed by atoms with Crippen molar-refractivity contribution in [2.75, 3.05) is 6.54 Å². The Hall–Kier alpha value is -2.96. The maximum absolute atomic E-state index is 13.1. The molecule has 0 bridgehead atoms. The fourth-order valence-corrected chi connectivity index (χ4v) is 3.78. The van der Waals surface area contributed by atoms with Gasteiger partial charge < -0.3 is 9.88 Å². The van der Waals surface area contributed by atoms with Gasteiger partial charge in [0, 0.05) is 19.3 Å². The number of aryl methyl sites for hydroxylation is 2. The van der Waals surface area contributed by atoms with Gasteiger partial charge in [0.2, 0.25) is 0 Å². The summed E-state index contributed by atoms with van der Waals surface area (Å²) in [5.41, 5.74) is 1.94. The standard InChI is InChI=1S/C23H31N5O2/c1-4-6-7-8-9-10-13-25-22(29)17-15-18-21(27(5-2)19(17)24)26-20-16(3)12-11-14-28(20)23(18)30/h11-12,14-15,24H,4-10,13H2,1-3H3,(H,25,29). The topological polar surface area (TPSA) is 92.2 Å². The highest BCUT2D eigenvalue weighted by molar-refractivity contribution is 5.96. The van der Waals surface area contributed by atoms with Crippen LogP contribution < -0.4 is 16.4 Å². The first-order valence-electron chi connectivity index (χ1n) is 10.9. The second-order valence-corrected chi connectivity index (χ2v) is 7.71. The molecule has 3 rings (SSSR count). The number of aromatic nitrogens is 3. The molecule has 160 valence electrons. The van der Waals surface area contributed by atoms with E-state index in [4.69, 9.17) is 5.41 Å². The molecular formula is C23H31N5O2. The molecule has 3 aromatic heterocycles. The first-order chi connectivity index (χ1) is 14.5. The van der Waals surface area contributed by atoms with Gasteiger partial charge in [-0.05, 0) is 38.0 Å². The molecule has 0 unspecified atom stereocenters. The van der Waals surface area contributed by atoms with E-state index in [0.29, 0.717) is 29.8 Å². The molecule has 3 heterocycles. The Morgan fingerprint density at radius 2 is 1.87 bits per heavy atom. The fourth-order valence-electron chi connectivity index (χ4n) is 3.78. The van der Waals surface area contributed by atoms with Crippen molar-refractivity contribution in [2.45, 2.75) is 65.8 Å². The first kappa shape index (κ1) is 21.7. The normalized spacial score (nSPS) is 11.3. The summed E-state index contributed by atoms with van der Waals surface area (Å²) in [5.74, 6) is -0.314. The van der Waals surface area contributed by atoms with Gasteiger partial charge in [-0.3, -0.25) is 19.4 Å². The molecule has 0 saturated carbocycles. The molecule has 7 heteroatoms. The van der Waals surface area contributed by atoms with Crippen LogP contribution >= 0.6 is 0 Å². The number of unbranched alkanes of at least 4 members (excludes halogenated alkanes) is 5. The van der Waals surface area contributed by atoms with Crippen molar-refractivity contribution in [3.63, 3.8) is 0 Å². The minimum Gasteiger partial charge on any atom is -0.352 e. The molecule has 7 nitrogen and oxygen atoms in total. The molecule has 0 aliphatic heterocycles. The summed E-state index contributed by atoms with van der Waals surface area (Å²) >= 11 is 0. The summed E-state index contributed by atoms with van der Waals surface area (Å²) in [7, 11) is 0. The van der Waals surface area contributed by atoms with Gasteiger partial charge in [-0.1, -0.05) is 45.1 Å². The predicted molar refractivity (Wildman–Crippen MR) is 119 cm³/mol. The highest BCUT2D eigenvalue weighted by Crippen LogP contribution is 2.12. The number of carbonyl (C=O) groups is 1. The second-order valence-electron chi connectivity index (χ2n) is 7.71. The Kier molecular flexibility index (Phi) is 7.03. The minimum absolute atomic E-state index is 0.0790. The molecule has 0 saturated heterocycles. The van der Waals surface area contributed by atoms with Crippen molar-refractivity contribution >= 4 is 22.6 Å². The van der Waals surface area contributed by atoms with Crippen molar-refractivity contribution in [3.8, 4) is 0 Å². The van der Waals surface area contributed by atoms with E-state index in [-0.39, 0.29) is 22.5 Å². The maximum atomic E-state index is 13.1. The monoisotopic (exact) mass is 409 g/mol. The SMILES string of the molecule is CCCCCCCCNC(=O)c1cc2c(=O)n3cccc(C)c3nc2n(CC)c1=N. The molecule has 2 N–H and O–H groups in total. The molecule has 30 heavy (non-hydrogen) atoms. The molecular weight excluding hydrogens is 378 g/mol. The molecule has 0 aromatic carbocycles. The van der Waals surface area contributed by atoms with Crippen molar-refractivity contribution < 1.29 is 4.79 Å². The summed E-state index contributed by atoms with van der Waals surface area (Å²) < 4.78 is 3.13. The molecule has 0 atom stereocenters. The van der Waals surface area contributed by atoms with E-state index < -0.39 is 0 Å². The Labute approximate surface area is 176 Å². The number of carbonyl (C=O) groups excluding carboxylic acids is 1.